The van der Waals surface area contributed by atoms with Crippen LogP contribution < -0.4 is 5.32 Å². The van der Waals surface area contributed by atoms with Gasteiger partial charge in [0, 0.05) is 31.3 Å². The molecule has 0 radical (unpaired) electrons. The summed E-state index contributed by atoms with van der Waals surface area (Å²) < 4.78 is 0.0111. The second-order valence-electron chi connectivity index (χ2n) is 4.82. The minimum atomic E-state index is -0.0538. The third kappa shape index (κ3) is 15.1. The van der Waals surface area contributed by atoms with Crippen LogP contribution in [-0.2, 0) is 14.4 Å². The second kappa shape index (κ2) is 17.6. The molecule has 3 atom stereocenters. The van der Waals surface area contributed by atoms with Crippen LogP contribution in [0.15, 0.2) is 0 Å². The fourth-order valence-electron chi connectivity index (χ4n) is 1.37. The summed E-state index contributed by atoms with van der Waals surface area (Å²) in [6.45, 7) is 0.898. The molecule has 1 aliphatic heterocycles. The van der Waals surface area contributed by atoms with Gasteiger partial charge in [-0.25, -0.2) is 0 Å². The Hall–Kier alpha value is 1.49. The molecule has 25 heavy (non-hydrogen) atoms. The lowest BCUT2D eigenvalue weighted by Crippen LogP contribution is -2.27. The highest BCUT2D eigenvalue weighted by atomic mass is 79.9. The molecule has 1 aliphatic rings. The van der Waals surface area contributed by atoms with Crippen molar-refractivity contribution in [3.8, 4) is 0 Å². The number of halogens is 6. The summed E-state index contributed by atoms with van der Waals surface area (Å²) in [7, 11) is 3.45. The second-order valence-corrected chi connectivity index (χ2v) is 10.5. The predicted octanol–water partition coefficient (Wildman–Crippen LogP) is 4.35. The Bertz CT molecular complexity index is 399. The van der Waals surface area contributed by atoms with Crippen LogP contribution in [0.3, 0.4) is 0 Å². The zero-order valence-corrected chi connectivity index (χ0v) is 23.4. The summed E-state index contributed by atoms with van der Waals surface area (Å²) in [6, 6.07) is 0. The SMILES string of the molecule is CN1CCC(Br)C1=O.CNC(=O)C(Br)CCBr.O=C(Br)C(Br)CCBr. The van der Waals surface area contributed by atoms with Crippen LogP contribution in [0.2, 0.25) is 0 Å². The number of nitrogens with zero attached hydrogens (tertiary/aromatic N) is 1. The Morgan fingerprint density at radius 3 is 1.88 bits per heavy atom. The maximum Gasteiger partial charge on any atom is 0.236 e. The minimum Gasteiger partial charge on any atom is -0.358 e. The highest BCUT2D eigenvalue weighted by Gasteiger charge is 2.25. The standard InChI is InChI=1S/C5H9Br2NO.C5H8BrNO.C4H5Br3O/c1-8-5(9)4(7)2-3-6;1-7-3-2-4(6)5(7)8;5-2-1-3(6)4(7)8/h4H,2-3H2,1H3,(H,8,9);4H,2-3H2,1H3;3H,1-2H2. The Balaban J connectivity index is 0. The van der Waals surface area contributed by atoms with E-state index in [1.54, 1.807) is 11.9 Å². The van der Waals surface area contributed by atoms with Crippen LogP contribution in [0.4, 0.5) is 0 Å². The van der Waals surface area contributed by atoms with Gasteiger partial charge in [0.05, 0.1) is 14.5 Å². The van der Waals surface area contributed by atoms with Gasteiger partial charge >= 0.3 is 0 Å². The topological polar surface area (TPSA) is 66.5 Å². The number of hydrogen-bond acceptors (Lipinski definition) is 3. The van der Waals surface area contributed by atoms with E-state index in [2.05, 4.69) is 101 Å². The molecule has 11 heteroatoms. The normalized spacial score (nSPS) is 18.3. The van der Waals surface area contributed by atoms with Crippen molar-refractivity contribution in [3.05, 3.63) is 0 Å². The molecular formula is C14H22Br6N2O3. The van der Waals surface area contributed by atoms with Crippen molar-refractivity contribution >= 4 is 112 Å². The number of rotatable bonds is 6. The van der Waals surface area contributed by atoms with Gasteiger partial charge < -0.3 is 10.2 Å². The molecule has 0 bridgehead atoms. The predicted molar refractivity (Wildman–Crippen MR) is 125 cm³/mol. The molecule has 5 nitrogen and oxygen atoms in total. The van der Waals surface area contributed by atoms with Crippen molar-refractivity contribution in [2.24, 2.45) is 0 Å². The van der Waals surface area contributed by atoms with Gasteiger partial charge in [-0.3, -0.25) is 14.4 Å². The summed E-state index contributed by atoms with van der Waals surface area (Å²) in [5.74, 6) is 0.249. The van der Waals surface area contributed by atoms with E-state index < -0.39 is 0 Å². The smallest absolute Gasteiger partial charge is 0.236 e. The van der Waals surface area contributed by atoms with Gasteiger partial charge in [0.15, 0.2) is 0 Å². The molecule has 0 aromatic carbocycles. The molecule has 0 spiro atoms. The van der Waals surface area contributed by atoms with Crippen molar-refractivity contribution in [3.63, 3.8) is 0 Å². The Kier molecular flexibility index (Phi) is 20.2. The zero-order chi connectivity index (χ0) is 20.0. The van der Waals surface area contributed by atoms with Crippen LogP contribution in [0, 0.1) is 0 Å². The largest absolute Gasteiger partial charge is 0.358 e. The monoisotopic (exact) mass is 740 g/mol. The van der Waals surface area contributed by atoms with Gasteiger partial charge in [-0.05, 0) is 35.2 Å². The highest BCUT2D eigenvalue weighted by Crippen LogP contribution is 2.15. The first-order valence-corrected chi connectivity index (χ1v) is 13.1. The van der Waals surface area contributed by atoms with Crippen LogP contribution in [-0.4, -0.2) is 67.2 Å². The third-order valence-electron chi connectivity index (χ3n) is 2.86. The molecule has 2 amide bonds. The molecule has 1 heterocycles. The molecule has 0 aromatic heterocycles. The zero-order valence-electron chi connectivity index (χ0n) is 13.9. The van der Waals surface area contributed by atoms with Crippen molar-refractivity contribution in [1.82, 2.24) is 10.2 Å². The molecule has 1 rings (SSSR count). The average molecular weight is 746 g/mol. The molecular weight excluding hydrogens is 724 g/mol. The molecule has 1 saturated heterocycles. The van der Waals surface area contributed by atoms with Crippen molar-refractivity contribution in [2.75, 3.05) is 31.3 Å². The first-order valence-electron chi connectivity index (χ1n) is 7.32. The van der Waals surface area contributed by atoms with Crippen LogP contribution >= 0.6 is 95.6 Å². The van der Waals surface area contributed by atoms with Gasteiger partial charge in [-0.15, -0.1) is 0 Å². The molecule has 0 aromatic rings. The maximum atomic E-state index is 10.8. The lowest BCUT2D eigenvalue weighted by atomic mass is 10.3. The number of amides is 2. The Labute approximate surface area is 199 Å². The summed E-state index contributed by atoms with van der Waals surface area (Å²) >= 11 is 18.9. The molecule has 0 aliphatic carbocycles. The number of alkyl halides is 5. The fourth-order valence-corrected chi connectivity index (χ4v) is 4.99. The first-order chi connectivity index (χ1) is 11.6. The number of hydrogen-bond donors (Lipinski definition) is 1. The number of likely N-dealkylation sites (tertiary alicyclic amines) is 1. The van der Waals surface area contributed by atoms with Crippen molar-refractivity contribution < 1.29 is 14.4 Å². The molecule has 3 unspecified atom stereocenters. The quantitative estimate of drug-likeness (QED) is 0.325. The van der Waals surface area contributed by atoms with Crippen LogP contribution in [0.25, 0.3) is 0 Å². The highest BCUT2D eigenvalue weighted by molar-refractivity contribution is 9.20. The van der Waals surface area contributed by atoms with Crippen molar-refractivity contribution in [2.45, 2.75) is 33.7 Å². The number of nitrogens with one attached hydrogen (secondary N) is 1. The van der Waals surface area contributed by atoms with Crippen molar-refractivity contribution in [1.29, 1.82) is 0 Å². The maximum absolute atomic E-state index is 10.8. The van der Waals surface area contributed by atoms with Crippen LogP contribution in [0.5, 0.6) is 0 Å². The van der Waals surface area contributed by atoms with E-state index in [1.165, 1.54) is 0 Å². The van der Waals surface area contributed by atoms with E-state index in [-0.39, 0.29) is 31.0 Å². The third-order valence-corrected chi connectivity index (χ3v) is 7.54. The van der Waals surface area contributed by atoms with Gasteiger partial charge in [0.25, 0.3) is 0 Å². The summed E-state index contributed by atoms with van der Waals surface area (Å²) in [5, 5.41) is 4.23. The Morgan fingerprint density at radius 2 is 1.68 bits per heavy atom. The molecule has 1 fully saturated rings. The van der Waals surface area contributed by atoms with E-state index in [0.717, 1.165) is 36.5 Å². The summed E-state index contributed by atoms with van der Waals surface area (Å²) in [6.07, 6.45) is 2.60. The van der Waals surface area contributed by atoms with Gasteiger partial charge in [-0.1, -0.05) is 79.6 Å². The van der Waals surface area contributed by atoms with E-state index in [4.69, 9.17) is 0 Å². The lowest BCUT2D eigenvalue weighted by Gasteiger charge is -2.04. The van der Waals surface area contributed by atoms with E-state index in [0.29, 0.717) is 0 Å². The minimum absolute atomic E-state index is 0.0111. The molecule has 0 saturated carbocycles. The lowest BCUT2D eigenvalue weighted by molar-refractivity contribution is -0.126. The van der Waals surface area contributed by atoms with Gasteiger partial charge in [-0.2, -0.15) is 0 Å². The van der Waals surface area contributed by atoms with Gasteiger partial charge in [0.1, 0.15) is 0 Å². The van der Waals surface area contributed by atoms with Crippen LogP contribution in [0.1, 0.15) is 19.3 Å². The first kappa shape index (κ1) is 28.7. The Morgan fingerprint density at radius 1 is 1.20 bits per heavy atom. The van der Waals surface area contributed by atoms with E-state index in [1.807, 2.05) is 7.05 Å². The number of carbonyl (C=O) groups excluding carboxylic acids is 3. The average Bonchev–Trinajstić information content (AvgIpc) is 2.86. The number of carbonyl (C=O) groups is 3. The van der Waals surface area contributed by atoms with E-state index in [9.17, 15) is 14.4 Å². The summed E-state index contributed by atoms with van der Waals surface area (Å²) in [5.41, 5.74) is 0. The molecule has 148 valence electrons. The molecule has 1 N–H and O–H groups in total. The fraction of sp³-hybridized carbons (Fsp3) is 0.786. The van der Waals surface area contributed by atoms with Gasteiger partial charge in [0.2, 0.25) is 16.5 Å². The van der Waals surface area contributed by atoms with E-state index >= 15 is 0 Å². The summed E-state index contributed by atoms with van der Waals surface area (Å²) in [4.78, 5) is 33.6.